The molecule has 0 atom stereocenters. The van der Waals surface area contributed by atoms with Gasteiger partial charge in [0.2, 0.25) is 0 Å². The SMILES string of the molecule is FC(F)(F)CNCCOc1ccc(OC(F)(F)F)c(Br)c1. The molecular formula is C11H10BrF6NO2. The Morgan fingerprint density at radius 3 is 2.29 bits per heavy atom. The van der Waals surface area contributed by atoms with Crippen molar-refractivity contribution in [2.75, 3.05) is 19.7 Å². The summed E-state index contributed by atoms with van der Waals surface area (Å²) >= 11 is 2.88. The maximum Gasteiger partial charge on any atom is 0.573 e. The fourth-order valence-electron chi connectivity index (χ4n) is 1.25. The summed E-state index contributed by atoms with van der Waals surface area (Å²) in [4.78, 5) is 0. The van der Waals surface area contributed by atoms with Gasteiger partial charge in [-0.3, -0.25) is 0 Å². The number of ether oxygens (including phenoxy) is 2. The van der Waals surface area contributed by atoms with Crippen molar-refractivity contribution in [1.82, 2.24) is 5.32 Å². The van der Waals surface area contributed by atoms with Gasteiger partial charge in [-0.1, -0.05) is 0 Å². The fourth-order valence-corrected chi connectivity index (χ4v) is 1.69. The molecule has 0 amide bonds. The van der Waals surface area contributed by atoms with Crippen LogP contribution in [0.5, 0.6) is 11.5 Å². The Balaban J connectivity index is 2.42. The zero-order chi connectivity index (χ0) is 16.1. The highest BCUT2D eigenvalue weighted by Crippen LogP contribution is 2.33. The summed E-state index contributed by atoms with van der Waals surface area (Å²) < 4.78 is 80.4. The van der Waals surface area contributed by atoms with Gasteiger partial charge in [0, 0.05) is 6.54 Å². The zero-order valence-electron chi connectivity index (χ0n) is 10.3. The van der Waals surface area contributed by atoms with Crippen molar-refractivity contribution in [3.8, 4) is 11.5 Å². The molecule has 1 aromatic carbocycles. The van der Waals surface area contributed by atoms with Gasteiger partial charge in [0.15, 0.2) is 0 Å². The predicted molar refractivity (Wildman–Crippen MR) is 65.2 cm³/mol. The number of halogens is 7. The van der Waals surface area contributed by atoms with Crippen LogP contribution in [0, 0.1) is 0 Å². The van der Waals surface area contributed by atoms with Crippen molar-refractivity contribution in [3.05, 3.63) is 22.7 Å². The molecule has 0 aromatic heterocycles. The molecule has 0 unspecified atom stereocenters. The Morgan fingerprint density at radius 1 is 1.10 bits per heavy atom. The van der Waals surface area contributed by atoms with E-state index in [0.29, 0.717) is 0 Å². The van der Waals surface area contributed by atoms with E-state index in [1.165, 1.54) is 12.1 Å². The van der Waals surface area contributed by atoms with Crippen molar-refractivity contribution >= 4 is 15.9 Å². The summed E-state index contributed by atoms with van der Waals surface area (Å²) in [6, 6.07) is 3.48. The van der Waals surface area contributed by atoms with Gasteiger partial charge in [-0.15, -0.1) is 13.2 Å². The molecule has 1 N–H and O–H groups in total. The van der Waals surface area contributed by atoms with Gasteiger partial charge in [0.1, 0.15) is 18.1 Å². The Hall–Kier alpha value is -1.16. The molecule has 10 heteroatoms. The minimum absolute atomic E-state index is 0.0144. The highest BCUT2D eigenvalue weighted by molar-refractivity contribution is 9.10. The standard InChI is InChI=1S/C11H10BrF6NO2/c12-8-5-7(1-2-9(8)21-11(16,17)18)20-4-3-19-6-10(13,14)15/h1-2,5,19H,3-4,6H2. The summed E-state index contributed by atoms with van der Waals surface area (Å²) in [5.74, 6) is -0.241. The Labute approximate surface area is 124 Å². The molecule has 3 nitrogen and oxygen atoms in total. The number of hydrogen-bond donors (Lipinski definition) is 1. The molecule has 0 heterocycles. The Bertz CT molecular complexity index is 463. The largest absolute Gasteiger partial charge is 0.573 e. The van der Waals surface area contributed by atoms with Gasteiger partial charge < -0.3 is 14.8 Å². The van der Waals surface area contributed by atoms with Crippen molar-refractivity contribution in [3.63, 3.8) is 0 Å². The van der Waals surface area contributed by atoms with Crippen LogP contribution in [-0.2, 0) is 0 Å². The number of rotatable bonds is 6. The topological polar surface area (TPSA) is 30.5 Å². The van der Waals surface area contributed by atoms with Crippen molar-refractivity contribution in [1.29, 1.82) is 0 Å². The fraction of sp³-hybridized carbons (Fsp3) is 0.455. The van der Waals surface area contributed by atoms with Crippen LogP contribution in [0.3, 0.4) is 0 Å². The van der Waals surface area contributed by atoms with Gasteiger partial charge in [0.25, 0.3) is 0 Å². The first kappa shape index (κ1) is 17.9. The molecule has 0 aliphatic heterocycles. The molecule has 0 aliphatic rings. The highest BCUT2D eigenvalue weighted by atomic mass is 79.9. The first-order valence-electron chi connectivity index (χ1n) is 5.52. The molecule has 1 rings (SSSR count). The average Bonchev–Trinajstić information content (AvgIpc) is 2.29. The second kappa shape index (κ2) is 7.21. The molecule has 0 fully saturated rings. The van der Waals surface area contributed by atoms with Gasteiger partial charge in [-0.05, 0) is 34.1 Å². The van der Waals surface area contributed by atoms with Crippen molar-refractivity contribution in [2.45, 2.75) is 12.5 Å². The van der Waals surface area contributed by atoms with Crippen LogP contribution >= 0.6 is 15.9 Å². The van der Waals surface area contributed by atoms with Gasteiger partial charge >= 0.3 is 12.5 Å². The molecule has 0 radical (unpaired) electrons. The van der Waals surface area contributed by atoms with Crippen LogP contribution in [0.15, 0.2) is 22.7 Å². The normalized spacial score (nSPS) is 12.3. The van der Waals surface area contributed by atoms with E-state index in [4.69, 9.17) is 4.74 Å². The average molecular weight is 382 g/mol. The van der Waals surface area contributed by atoms with E-state index in [1.54, 1.807) is 0 Å². The summed E-state index contributed by atoms with van der Waals surface area (Å²) in [6.45, 7) is -1.27. The van der Waals surface area contributed by atoms with Crippen LogP contribution in [0.25, 0.3) is 0 Å². The Kier molecular flexibility index (Phi) is 6.14. The minimum Gasteiger partial charge on any atom is -0.492 e. The van der Waals surface area contributed by atoms with E-state index in [1.807, 2.05) is 0 Å². The van der Waals surface area contributed by atoms with Gasteiger partial charge in [0.05, 0.1) is 11.0 Å². The number of hydrogen-bond acceptors (Lipinski definition) is 3. The van der Waals surface area contributed by atoms with Crippen LogP contribution in [0.1, 0.15) is 0 Å². The zero-order valence-corrected chi connectivity index (χ0v) is 11.9. The number of benzene rings is 1. The first-order chi connectivity index (χ1) is 9.57. The van der Waals surface area contributed by atoms with E-state index in [9.17, 15) is 26.3 Å². The molecule has 0 aliphatic carbocycles. The van der Waals surface area contributed by atoms with E-state index in [-0.39, 0.29) is 23.4 Å². The smallest absolute Gasteiger partial charge is 0.492 e. The first-order valence-corrected chi connectivity index (χ1v) is 6.32. The van der Waals surface area contributed by atoms with E-state index < -0.39 is 24.8 Å². The maximum absolute atomic E-state index is 12.0. The summed E-state index contributed by atoms with van der Waals surface area (Å²) in [6.07, 6.45) is -9.12. The molecule has 0 saturated heterocycles. The van der Waals surface area contributed by atoms with E-state index >= 15 is 0 Å². The van der Waals surface area contributed by atoms with Crippen LogP contribution in [0.2, 0.25) is 0 Å². The number of alkyl halides is 6. The van der Waals surface area contributed by atoms with Crippen LogP contribution in [0.4, 0.5) is 26.3 Å². The third-order valence-corrected chi connectivity index (χ3v) is 2.62. The second-order valence-electron chi connectivity index (χ2n) is 3.78. The van der Waals surface area contributed by atoms with Crippen LogP contribution < -0.4 is 14.8 Å². The lowest BCUT2D eigenvalue weighted by Crippen LogP contribution is -2.31. The predicted octanol–water partition coefficient (Wildman–Crippen LogP) is 3.88. The van der Waals surface area contributed by atoms with Gasteiger partial charge in [-0.25, -0.2) is 0 Å². The quantitative estimate of drug-likeness (QED) is 0.599. The molecular weight excluding hydrogens is 372 g/mol. The second-order valence-corrected chi connectivity index (χ2v) is 4.63. The minimum atomic E-state index is -4.81. The monoisotopic (exact) mass is 381 g/mol. The summed E-state index contributed by atoms with van der Waals surface area (Å²) in [5, 5.41) is 2.12. The summed E-state index contributed by atoms with van der Waals surface area (Å²) in [5.41, 5.74) is 0. The molecule has 1 aromatic rings. The third kappa shape index (κ3) is 8.00. The third-order valence-electron chi connectivity index (χ3n) is 2.00. The lowest BCUT2D eigenvalue weighted by Gasteiger charge is -2.12. The lowest BCUT2D eigenvalue weighted by molar-refractivity contribution is -0.274. The number of nitrogens with one attached hydrogen (secondary N) is 1. The summed E-state index contributed by atoms with van der Waals surface area (Å²) in [7, 11) is 0. The van der Waals surface area contributed by atoms with Gasteiger partial charge in [-0.2, -0.15) is 13.2 Å². The van der Waals surface area contributed by atoms with Crippen molar-refractivity contribution in [2.24, 2.45) is 0 Å². The Morgan fingerprint density at radius 2 is 1.76 bits per heavy atom. The molecule has 0 spiro atoms. The molecule has 21 heavy (non-hydrogen) atoms. The van der Waals surface area contributed by atoms with E-state index in [2.05, 4.69) is 26.0 Å². The molecule has 0 bridgehead atoms. The maximum atomic E-state index is 12.0. The highest BCUT2D eigenvalue weighted by Gasteiger charge is 2.32. The molecule has 0 saturated carbocycles. The van der Waals surface area contributed by atoms with Crippen LogP contribution in [-0.4, -0.2) is 32.2 Å². The molecule has 120 valence electrons. The van der Waals surface area contributed by atoms with E-state index in [0.717, 1.165) is 6.07 Å². The lowest BCUT2D eigenvalue weighted by atomic mass is 10.3. The van der Waals surface area contributed by atoms with Crippen molar-refractivity contribution < 1.29 is 35.8 Å².